The molecule has 1 aliphatic rings. The zero-order valence-electron chi connectivity index (χ0n) is 16.2. The predicted molar refractivity (Wildman–Crippen MR) is 99.5 cm³/mol. The van der Waals surface area contributed by atoms with Gasteiger partial charge in [-0.1, -0.05) is 0 Å². The van der Waals surface area contributed by atoms with Crippen LogP contribution in [0.2, 0.25) is 0 Å². The number of nitrogens with zero attached hydrogens (tertiary/aromatic N) is 3. The molecule has 0 aromatic heterocycles. The Bertz CT molecular complexity index is 450. The Morgan fingerprint density at radius 3 is 2.56 bits per heavy atom. The largest absolute Gasteiger partial charge is 0.466 e. The molecule has 0 aromatic rings. The third kappa shape index (κ3) is 6.92. The van der Waals surface area contributed by atoms with Crippen LogP contribution in [0.3, 0.4) is 0 Å². The molecule has 0 saturated carbocycles. The fourth-order valence-corrected chi connectivity index (χ4v) is 3.04. The minimum atomic E-state index is -0.125. The minimum absolute atomic E-state index is 0.102. The summed E-state index contributed by atoms with van der Waals surface area (Å²) in [6.07, 6.45) is 2.20. The van der Waals surface area contributed by atoms with Gasteiger partial charge >= 0.3 is 5.97 Å². The number of aliphatic imine (C=N–C) groups is 1. The average molecular weight is 354 g/mol. The second-order valence-electron chi connectivity index (χ2n) is 6.09. The SMILES string of the molecule is CCNC(=NCCC(=O)N(CC)CC)N1CCCC(C(=O)OCC)C1. The van der Waals surface area contributed by atoms with Crippen LogP contribution >= 0.6 is 0 Å². The van der Waals surface area contributed by atoms with Crippen molar-refractivity contribution in [1.29, 1.82) is 0 Å². The van der Waals surface area contributed by atoms with Crippen molar-refractivity contribution < 1.29 is 14.3 Å². The van der Waals surface area contributed by atoms with E-state index < -0.39 is 0 Å². The van der Waals surface area contributed by atoms with Crippen molar-refractivity contribution in [3.63, 3.8) is 0 Å². The predicted octanol–water partition coefficient (Wildman–Crippen LogP) is 1.49. The first kappa shape index (κ1) is 21.3. The number of rotatable bonds is 8. The molecule has 1 saturated heterocycles. The quantitative estimate of drug-likeness (QED) is 0.406. The topological polar surface area (TPSA) is 74.2 Å². The van der Waals surface area contributed by atoms with Crippen molar-refractivity contribution in [3.05, 3.63) is 0 Å². The summed E-state index contributed by atoms with van der Waals surface area (Å²) in [4.78, 5) is 32.6. The van der Waals surface area contributed by atoms with Crippen molar-refractivity contribution in [2.75, 3.05) is 45.9 Å². The summed E-state index contributed by atoms with van der Waals surface area (Å²) >= 11 is 0. The van der Waals surface area contributed by atoms with Crippen LogP contribution in [-0.4, -0.2) is 73.5 Å². The van der Waals surface area contributed by atoms with Gasteiger partial charge in [-0.25, -0.2) is 0 Å². The molecule has 1 fully saturated rings. The lowest BCUT2D eigenvalue weighted by Crippen LogP contribution is -2.48. The van der Waals surface area contributed by atoms with Crippen LogP contribution in [0.25, 0.3) is 0 Å². The average Bonchev–Trinajstić information content (AvgIpc) is 2.62. The van der Waals surface area contributed by atoms with Gasteiger partial charge in [0, 0.05) is 39.1 Å². The Balaban J connectivity index is 2.64. The zero-order valence-corrected chi connectivity index (χ0v) is 16.2. The molecular weight excluding hydrogens is 320 g/mol. The van der Waals surface area contributed by atoms with Gasteiger partial charge < -0.3 is 19.9 Å². The highest BCUT2D eigenvalue weighted by Crippen LogP contribution is 2.18. The standard InChI is InChI=1S/C18H34N4O3/c1-5-19-18(20-12-11-16(23)21(6-2)7-3)22-13-9-10-15(14-22)17(24)25-8-4/h15H,5-14H2,1-4H3,(H,19,20). The lowest BCUT2D eigenvalue weighted by atomic mass is 9.98. The van der Waals surface area contributed by atoms with E-state index in [9.17, 15) is 9.59 Å². The number of likely N-dealkylation sites (tertiary alicyclic amines) is 1. The molecule has 1 rings (SSSR count). The van der Waals surface area contributed by atoms with Gasteiger partial charge in [0.2, 0.25) is 5.91 Å². The fraction of sp³-hybridized carbons (Fsp3) is 0.833. The number of guanidine groups is 1. The first-order valence-corrected chi connectivity index (χ1v) is 9.54. The Morgan fingerprint density at radius 1 is 1.24 bits per heavy atom. The summed E-state index contributed by atoms with van der Waals surface area (Å²) in [6.45, 7) is 12.4. The summed E-state index contributed by atoms with van der Waals surface area (Å²) < 4.78 is 5.16. The molecule has 0 aromatic carbocycles. The lowest BCUT2D eigenvalue weighted by Gasteiger charge is -2.34. The molecule has 1 atom stereocenters. The van der Waals surface area contributed by atoms with Crippen LogP contribution in [-0.2, 0) is 14.3 Å². The van der Waals surface area contributed by atoms with Crippen LogP contribution in [0.15, 0.2) is 4.99 Å². The van der Waals surface area contributed by atoms with Crippen LogP contribution in [0, 0.1) is 5.92 Å². The first-order chi connectivity index (χ1) is 12.1. The molecule has 0 spiro atoms. The molecule has 0 radical (unpaired) electrons. The molecule has 1 unspecified atom stereocenters. The van der Waals surface area contributed by atoms with Crippen LogP contribution in [0.1, 0.15) is 47.0 Å². The van der Waals surface area contributed by atoms with E-state index in [2.05, 4.69) is 15.2 Å². The summed E-state index contributed by atoms with van der Waals surface area (Å²) in [7, 11) is 0. The summed E-state index contributed by atoms with van der Waals surface area (Å²) in [5, 5.41) is 3.27. The maximum atomic E-state index is 12.1. The number of hydrogen-bond donors (Lipinski definition) is 1. The number of esters is 1. The van der Waals surface area contributed by atoms with Gasteiger partial charge in [0.15, 0.2) is 5.96 Å². The maximum Gasteiger partial charge on any atom is 0.310 e. The Kier molecular flexibility index (Phi) is 9.96. The highest BCUT2D eigenvalue weighted by Gasteiger charge is 2.28. The van der Waals surface area contributed by atoms with Gasteiger partial charge in [-0.2, -0.15) is 0 Å². The van der Waals surface area contributed by atoms with Gasteiger partial charge in [-0.3, -0.25) is 14.6 Å². The number of carbonyl (C=O) groups is 2. The number of amides is 1. The normalized spacial score (nSPS) is 18.0. The summed E-state index contributed by atoms with van der Waals surface area (Å²) in [5.41, 5.74) is 0. The van der Waals surface area contributed by atoms with E-state index in [0.29, 0.717) is 26.1 Å². The van der Waals surface area contributed by atoms with E-state index in [4.69, 9.17) is 4.74 Å². The van der Waals surface area contributed by atoms with E-state index >= 15 is 0 Å². The van der Waals surface area contributed by atoms with E-state index in [-0.39, 0.29) is 17.8 Å². The van der Waals surface area contributed by atoms with Crippen molar-refractivity contribution >= 4 is 17.8 Å². The van der Waals surface area contributed by atoms with Crippen molar-refractivity contribution in [3.8, 4) is 0 Å². The highest BCUT2D eigenvalue weighted by atomic mass is 16.5. The number of nitrogens with one attached hydrogen (secondary N) is 1. The Morgan fingerprint density at radius 2 is 1.96 bits per heavy atom. The molecule has 1 aliphatic heterocycles. The number of carbonyl (C=O) groups excluding carboxylic acids is 2. The maximum absolute atomic E-state index is 12.1. The fourth-order valence-electron chi connectivity index (χ4n) is 3.04. The second-order valence-corrected chi connectivity index (χ2v) is 6.09. The van der Waals surface area contributed by atoms with Gasteiger partial charge in [0.05, 0.1) is 19.1 Å². The van der Waals surface area contributed by atoms with E-state index in [0.717, 1.165) is 45.0 Å². The van der Waals surface area contributed by atoms with Crippen LogP contribution in [0.5, 0.6) is 0 Å². The van der Waals surface area contributed by atoms with Gasteiger partial charge in [-0.05, 0) is 40.5 Å². The molecule has 1 heterocycles. The Hall–Kier alpha value is -1.79. The van der Waals surface area contributed by atoms with Gasteiger partial charge in [-0.15, -0.1) is 0 Å². The third-order valence-electron chi connectivity index (χ3n) is 4.38. The number of piperidine rings is 1. The molecule has 25 heavy (non-hydrogen) atoms. The van der Waals surface area contributed by atoms with E-state index in [1.807, 2.05) is 32.6 Å². The molecular formula is C18H34N4O3. The summed E-state index contributed by atoms with van der Waals surface area (Å²) in [5.74, 6) is 0.686. The molecule has 0 aliphatic carbocycles. The number of hydrogen-bond acceptors (Lipinski definition) is 4. The highest BCUT2D eigenvalue weighted by molar-refractivity contribution is 5.82. The van der Waals surface area contributed by atoms with Crippen LogP contribution < -0.4 is 5.32 Å². The van der Waals surface area contributed by atoms with Crippen LogP contribution in [0.4, 0.5) is 0 Å². The molecule has 1 amide bonds. The molecule has 1 N–H and O–H groups in total. The van der Waals surface area contributed by atoms with Gasteiger partial charge in [0.1, 0.15) is 0 Å². The molecule has 144 valence electrons. The van der Waals surface area contributed by atoms with E-state index in [1.165, 1.54) is 0 Å². The van der Waals surface area contributed by atoms with Crippen molar-refractivity contribution in [1.82, 2.24) is 15.1 Å². The molecule has 0 bridgehead atoms. The molecule has 7 nitrogen and oxygen atoms in total. The monoisotopic (exact) mass is 354 g/mol. The van der Waals surface area contributed by atoms with Crippen molar-refractivity contribution in [2.24, 2.45) is 10.9 Å². The minimum Gasteiger partial charge on any atom is -0.466 e. The van der Waals surface area contributed by atoms with Gasteiger partial charge in [0.25, 0.3) is 0 Å². The summed E-state index contributed by atoms with van der Waals surface area (Å²) in [6, 6.07) is 0. The first-order valence-electron chi connectivity index (χ1n) is 9.54. The molecule has 7 heteroatoms. The number of ether oxygens (including phenoxy) is 1. The zero-order chi connectivity index (χ0) is 18.7. The Labute approximate surface area is 151 Å². The van der Waals surface area contributed by atoms with E-state index in [1.54, 1.807) is 0 Å². The lowest BCUT2D eigenvalue weighted by molar-refractivity contribution is -0.149. The smallest absolute Gasteiger partial charge is 0.310 e. The van der Waals surface area contributed by atoms with Crippen molar-refractivity contribution in [2.45, 2.75) is 47.0 Å². The second kappa shape index (κ2) is 11.7. The third-order valence-corrected chi connectivity index (χ3v) is 4.38.